The van der Waals surface area contributed by atoms with Gasteiger partial charge in [-0.3, -0.25) is 9.59 Å². The Labute approximate surface area is 162 Å². The van der Waals surface area contributed by atoms with E-state index in [4.69, 9.17) is 4.74 Å². The van der Waals surface area contributed by atoms with Crippen molar-refractivity contribution in [3.8, 4) is 0 Å². The Morgan fingerprint density at radius 3 is 2.29 bits per heavy atom. The number of allylic oxidation sites excluding steroid dienone is 2. The van der Waals surface area contributed by atoms with Gasteiger partial charge in [0.15, 0.2) is 11.5 Å². The predicted octanol–water partition coefficient (Wildman–Crippen LogP) is 3.95. The van der Waals surface area contributed by atoms with Crippen molar-refractivity contribution in [1.29, 1.82) is 0 Å². The molecule has 28 heavy (non-hydrogen) atoms. The molecule has 0 unspecified atom stereocenters. The second-order valence-corrected chi connectivity index (χ2v) is 6.36. The molecular formula is C22H21NO5. The van der Waals surface area contributed by atoms with E-state index in [9.17, 15) is 19.5 Å². The Bertz CT molecular complexity index is 944. The number of rotatable bonds is 7. The molecule has 0 amide bonds. The monoisotopic (exact) mass is 379 g/mol. The molecule has 6 heteroatoms. The van der Waals surface area contributed by atoms with Crippen molar-refractivity contribution in [3.63, 3.8) is 0 Å². The highest BCUT2D eigenvalue weighted by atomic mass is 16.5. The first-order valence-corrected chi connectivity index (χ1v) is 9.14. The Hall–Kier alpha value is -3.41. The highest BCUT2D eigenvalue weighted by molar-refractivity contribution is 6.25. The molecule has 0 spiro atoms. The van der Waals surface area contributed by atoms with E-state index in [0.717, 1.165) is 5.69 Å². The number of ketones is 2. The number of ether oxygens (including phenoxy) is 1. The van der Waals surface area contributed by atoms with E-state index >= 15 is 0 Å². The number of carbonyl (C=O) groups is 3. The van der Waals surface area contributed by atoms with Crippen LogP contribution in [0.5, 0.6) is 0 Å². The van der Waals surface area contributed by atoms with Crippen molar-refractivity contribution < 1.29 is 24.2 Å². The highest BCUT2D eigenvalue weighted by Gasteiger charge is 2.31. The molecule has 2 aromatic rings. The van der Waals surface area contributed by atoms with Crippen LogP contribution in [-0.2, 0) is 4.74 Å². The van der Waals surface area contributed by atoms with Crippen molar-refractivity contribution in [2.24, 2.45) is 0 Å². The van der Waals surface area contributed by atoms with Gasteiger partial charge in [-0.2, -0.15) is 0 Å². The van der Waals surface area contributed by atoms with Crippen LogP contribution in [0.1, 0.15) is 50.8 Å². The van der Waals surface area contributed by atoms with Crippen LogP contribution in [0.2, 0.25) is 0 Å². The third-order valence-electron chi connectivity index (χ3n) is 4.52. The summed E-state index contributed by atoms with van der Waals surface area (Å²) in [6.45, 7) is 2.62. The predicted molar refractivity (Wildman–Crippen MR) is 105 cm³/mol. The molecule has 0 aliphatic heterocycles. The fourth-order valence-electron chi connectivity index (χ4n) is 3.08. The molecule has 3 rings (SSSR count). The zero-order valence-electron chi connectivity index (χ0n) is 15.5. The molecule has 2 aromatic carbocycles. The molecular weight excluding hydrogens is 358 g/mol. The maximum absolute atomic E-state index is 12.6. The van der Waals surface area contributed by atoms with Gasteiger partial charge in [0.25, 0.3) is 0 Å². The van der Waals surface area contributed by atoms with Gasteiger partial charge in [-0.15, -0.1) is 0 Å². The minimum Gasteiger partial charge on any atom is -0.504 e. The number of hydrogen-bond acceptors (Lipinski definition) is 6. The molecule has 1 aliphatic rings. The van der Waals surface area contributed by atoms with Gasteiger partial charge in [0.2, 0.25) is 5.78 Å². The molecule has 0 bridgehead atoms. The number of Topliss-reactive ketones (excluding diaryl/α,β-unsaturated/α-hetero) is 2. The van der Waals surface area contributed by atoms with E-state index < -0.39 is 11.5 Å². The SMILES string of the molecule is CCOC(=O)c1ccc(NCCCC2=C(O)C(=O)c3ccccc3C2=O)cc1. The van der Waals surface area contributed by atoms with Gasteiger partial charge in [-0.1, -0.05) is 24.3 Å². The van der Waals surface area contributed by atoms with Crippen molar-refractivity contribution in [2.75, 3.05) is 18.5 Å². The molecule has 0 atom stereocenters. The molecule has 0 heterocycles. The lowest BCUT2D eigenvalue weighted by Crippen LogP contribution is -2.22. The van der Waals surface area contributed by atoms with Crippen LogP contribution in [-0.4, -0.2) is 35.8 Å². The molecule has 0 saturated carbocycles. The van der Waals surface area contributed by atoms with Crippen LogP contribution in [0.4, 0.5) is 5.69 Å². The molecule has 6 nitrogen and oxygen atoms in total. The number of carbonyl (C=O) groups excluding carboxylic acids is 3. The molecule has 144 valence electrons. The number of hydrogen-bond donors (Lipinski definition) is 2. The zero-order chi connectivity index (χ0) is 20.1. The van der Waals surface area contributed by atoms with Crippen LogP contribution in [0.15, 0.2) is 59.9 Å². The Morgan fingerprint density at radius 2 is 1.64 bits per heavy atom. The Balaban J connectivity index is 1.57. The van der Waals surface area contributed by atoms with Crippen LogP contribution in [0.3, 0.4) is 0 Å². The van der Waals surface area contributed by atoms with Gasteiger partial charge in [0.05, 0.1) is 12.2 Å². The normalized spacial score (nSPS) is 13.3. The third-order valence-corrected chi connectivity index (χ3v) is 4.52. The number of fused-ring (bicyclic) bond motifs is 1. The van der Waals surface area contributed by atoms with E-state index in [1.54, 1.807) is 55.5 Å². The molecule has 0 aromatic heterocycles. The molecule has 0 fully saturated rings. The minimum absolute atomic E-state index is 0.156. The number of benzene rings is 2. The third kappa shape index (κ3) is 3.96. The summed E-state index contributed by atoms with van der Waals surface area (Å²) in [5.74, 6) is -1.63. The summed E-state index contributed by atoms with van der Waals surface area (Å²) in [4.78, 5) is 36.4. The van der Waals surface area contributed by atoms with Crippen molar-refractivity contribution in [1.82, 2.24) is 0 Å². The lowest BCUT2D eigenvalue weighted by Gasteiger charge is -2.17. The molecule has 1 aliphatic carbocycles. The lowest BCUT2D eigenvalue weighted by atomic mass is 9.86. The van der Waals surface area contributed by atoms with Crippen LogP contribution in [0, 0.1) is 0 Å². The fraction of sp³-hybridized carbons (Fsp3) is 0.227. The van der Waals surface area contributed by atoms with Gasteiger partial charge in [-0.25, -0.2) is 4.79 Å². The quantitative estimate of drug-likeness (QED) is 0.559. The fourth-order valence-corrected chi connectivity index (χ4v) is 3.08. The van der Waals surface area contributed by atoms with E-state index in [0.29, 0.717) is 37.1 Å². The van der Waals surface area contributed by atoms with Gasteiger partial charge >= 0.3 is 5.97 Å². The summed E-state index contributed by atoms with van der Waals surface area (Å²) in [5, 5.41) is 13.3. The molecule has 2 N–H and O–H groups in total. The van der Waals surface area contributed by atoms with Crippen LogP contribution >= 0.6 is 0 Å². The number of esters is 1. The van der Waals surface area contributed by atoms with Gasteiger partial charge in [0, 0.05) is 28.9 Å². The van der Waals surface area contributed by atoms with E-state index in [-0.39, 0.29) is 22.9 Å². The van der Waals surface area contributed by atoms with Crippen LogP contribution in [0.25, 0.3) is 0 Å². The number of aliphatic hydroxyl groups is 1. The first-order chi connectivity index (χ1) is 13.5. The summed E-state index contributed by atoms with van der Waals surface area (Å²) >= 11 is 0. The average molecular weight is 379 g/mol. The topological polar surface area (TPSA) is 92.7 Å². The second-order valence-electron chi connectivity index (χ2n) is 6.36. The van der Waals surface area contributed by atoms with E-state index in [2.05, 4.69) is 5.32 Å². The highest BCUT2D eigenvalue weighted by Crippen LogP contribution is 2.27. The summed E-state index contributed by atoms with van der Waals surface area (Å²) in [7, 11) is 0. The molecule has 0 saturated heterocycles. The second kappa shape index (κ2) is 8.52. The van der Waals surface area contributed by atoms with Crippen LogP contribution < -0.4 is 5.32 Å². The number of aliphatic hydroxyl groups excluding tert-OH is 1. The van der Waals surface area contributed by atoms with E-state index in [1.807, 2.05) is 0 Å². The maximum Gasteiger partial charge on any atom is 0.338 e. The smallest absolute Gasteiger partial charge is 0.338 e. The summed E-state index contributed by atoms with van der Waals surface area (Å²) in [5.41, 5.74) is 2.04. The first kappa shape index (κ1) is 19.4. The standard InChI is InChI=1S/C22H21NO5/c1-2-28-22(27)14-9-11-15(12-10-14)23-13-5-8-18-19(24)16-6-3-4-7-17(16)20(25)21(18)26/h3-4,6-7,9-12,23,26H,2,5,8,13H2,1H3. The van der Waals surface area contributed by atoms with Crippen molar-refractivity contribution >= 4 is 23.2 Å². The zero-order valence-corrected chi connectivity index (χ0v) is 15.5. The van der Waals surface area contributed by atoms with Crippen molar-refractivity contribution in [3.05, 3.63) is 76.6 Å². The Morgan fingerprint density at radius 1 is 1.00 bits per heavy atom. The lowest BCUT2D eigenvalue weighted by molar-refractivity contribution is 0.0526. The number of anilines is 1. The van der Waals surface area contributed by atoms with E-state index in [1.165, 1.54) is 0 Å². The van der Waals surface area contributed by atoms with Gasteiger partial charge in [0.1, 0.15) is 0 Å². The first-order valence-electron chi connectivity index (χ1n) is 9.14. The summed E-state index contributed by atoms with van der Waals surface area (Å²) in [6.07, 6.45) is 0.846. The number of nitrogens with one attached hydrogen (secondary N) is 1. The molecule has 0 radical (unpaired) electrons. The Kier molecular flexibility index (Phi) is 5.89. The average Bonchev–Trinajstić information content (AvgIpc) is 2.72. The summed E-state index contributed by atoms with van der Waals surface area (Å²) in [6, 6.07) is 13.4. The maximum atomic E-state index is 12.6. The summed E-state index contributed by atoms with van der Waals surface area (Å²) < 4.78 is 4.94. The van der Waals surface area contributed by atoms with Gasteiger partial charge < -0.3 is 15.2 Å². The minimum atomic E-state index is -0.507. The van der Waals surface area contributed by atoms with Gasteiger partial charge in [-0.05, 0) is 44.0 Å². The van der Waals surface area contributed by atoms with Crippen molar-refractivity contribution in [2.45, 2.75) is 19.8 Å². The largest absolute Gasteiger partial charge is 0.504 e.